The summed E-state index contributed by atoms with van der Waals surface area (Å²) in [6, 6.07) is 15.4. The Labute approximate surface area is 108 Å². The standard InChI is InChI=1S/C16H18FN/c1-3-16(18-2)14-6-4-12(5-7-14)13-8-10-15(17)11-9-13/h4-11,16,18H,3H2,1-2H3. The Morgan fingerprint density at radius 1 is 0.944 bits per heavy atom. The largest absolute Gasteiger partial charge is 0.313 e. The summed E-state index contributed by atoms with van der Waals surface area (Å²) >= 11 is 0. The van der Waals surface area contributed by atoms with Crippen LogP contribution in [-0.4, -0.2) is 7.05 Å². The Morgan fingerprint density at radius 3 is 1.89 bits per heavy atom. The molecule has 0 aliphatic heterocycles. The Balaban J connectivity index is 2.24. The molecule has 0 aromatic heterocycles. The zero-order valence-electron chi connectivity index (χ0n) is 10.8. The fraction of sp³-hybridized carbons (Fsp3) is 0.250. The third-order valence-corrected chi connectivity index (χ3v) is 3.25. The first-order chi connectivity index (χ1) is 8.74. The molecule has 0 aliphatic rings. The van der Waals surface area contributed by atoms with E-state index in [4.69, 9.17) is 0 Å². The Kier molecular flexibility index (Phi) is 4.11. The second-order valence-corrected chi connectivity index (χ2v) is 4.38. The molecule has 2 heteroatoms. The molecule has 0 bridgehead atoms. The maximum absolute atomic E-state index is 12.9. The third-order valence-electron chi connectivity index (χ3n) is 3.25. The SMILES string of the molecule is CCC(NC)c1ccc(-c2ccc(F)cc2)cc1. The van der Waals surface area contributed by atoms with E-state index in [2.05, 4.69) is 36.5 Å². The summed E-state index contributed by atoms with van der Waals surface area (Å²) in [6.45, 7) is 2.16. The van der Waals surface area contributed by atoms with Gasteiger partial charge < -0.3 is 5.32 Å². The van der Waals surface area contributed by atoms with Crippen molar-refractivity contribution in [1.82, 2.24) is 5.32 Å². The van der Waals surface area contributed by atoms with Crippen LogP contribution in [0.5, 0.6) is 0 Å². The van der Waals surface area contributed by atoms with E-state index in [0.717, 1.165) is 17.5 Å². The van der Waals surface area contributed by atoms with E-state index in [1.54, 1.807) is 12.1 Å². The summed E-state index contributed by atoms with van der Waals surface area (Å²) in [6.07, 6.45) is 1.06. The summed E-state index contributed by atoms with van der Waals surface area (Å²) in [5.74, 6) is -0.198. The monoisotopic (exact) mass is 243 g/mol. The van der Waals surface area contributed by atoms with Crippen LogP contribution >= 0.6 is 0 Å². The van der Waals surface area contributed by atoms with E-state index in [9.17, 15) is 4.39 Å². The van der Waals surface area contributed by atoms with Gasteiger partial charge in [-0.05, 0) is 42.3 Å². The maximum atomic E-state index is 12.9. The third kappa shape index (κ3) is 2.77. The van der Waals surface area contributed by atoms with Crippen molar-refractivity contribution in [3.63, 3.8) is 0 Å². The summed E-state index contributed by atoms with van der Waals surface area (Å²) in [5.41, 5.74) is 3.44. The van der Waals surface area contributed by atoms with Gasteiger partial charge in [0.05, 0.1) is 0 Å². The smallest absolute Gasteiger partial charge is 0.123 e. The van der Waals surface area contributed by atoms with Gasteiger partial charge in [0.15, 0.2) is 0 Å². The molecule has 1 unspecified atom stereocenters. The van der Waals surface area contributed by atoms with Crippen molar-refractivity contribution in [3.8, 4) is 11.1 Å². The van der Waals surface area contributed by atoms with E-state index in [1.165, 1.54) is 17.7 Å². The Morgan fingerprint density at radius 2 is 1.44 bits per heavy atom. The molecule has 0 saturated heterocycles. The van der Waals surface area contributed by atoms with Crippen molar-refractivity contribution in [2.75, 3.05) is 7.05 Å². The zero-order valence-corrected chi connectivity index (χ0v) is 10.8. The molecule has 1 N–H and O–H groups in total. The number of halogens is 1. The summed E-state index contributed by atoms with van der Waals surface area (Å²) in [7, 11) is 1.97. The average Bonchev–Trinajstić information content (AvgIpc) is 2.42. The minimum absolute atomic E-state index is 0.198. The van der Waals surface area contributed by atoms with E-state index in [1.807, 2.05) is 7.05 Å². The Bertz CT molecular complexity index is 484. The van der Waals surface area contributed by atoms with Crippen molar-refractivity contribution in [1.29, 1.82) is 0 Å². The van der Waals surface area contributed by atoms with E-state index in [0.29, 0.717) is 6.04 Å². The first kappa shape index (κ1) is 12.8. The van der Waals surface area contributed by atoms with Crippen molar-refractivity contribution in [2.45, 2.75) is 19.4 Å². The van der Waals surface area contributed by atoms with Crippen LogP contribution in [0.3, 0.4) is 0 Å². The topological polar surface area (TPSA) is 12.0 Å². The first-order valence-electron chi connectivity index (χ1n) is 6.27. The number of hydrogen-bond donors (Lipinski definition) is 1. The van der Waals surface area contributed by atoms with E-state index >= 15 is 0 Å². The van der Waals surface area contributed by atoms with Gasteiger partial charge in [-0.25, -0.2) is 4.39 Å². The number of hydrogen-bond acceptors (Lipinski definition) is 1. The first-order valence-corrected chi connectivity index (χ1v) is 6.27. The van der Waals surface area contributed by atoms with Crippen LogP contribution in [0.2, 0.25) is 0 Å². The summed E-state index contributed by atoms with van der Waals surface area (Å²) in [5, 5.41) is 3.29. The molecule has 0 saturated carbocycles. The molecule has 2 aromatic rings. The van der Waals surface area contributed by atoms with Gasteiger partial charge in [-0.1, -0.05) is 43.3 Å². The lowest BCUT2D eigenvalue weighted by Crippen LogP contribution is -2.14. The van der Waals surface area contributed by atoms with Crippen molar-refractivity contribution < 1.29 is 4.39 Å². The average molecular weight is 243 g/mol. The van der Waals surface area contributed by atoms with Crippen molar-refractivity contribution >= 4 is 0 Å². The lowest BCUT2D eigenvalue weighted by molar-refractivity contribution is 0.577. The molecule has 94 valence electrons. The molecule has 0 heterocycles. The molecular weight excluding hydrogens is 225 g/mol. The fourth-order valence-electron chi connectivity index (χ4n) is 2.16. The molecule has 18 heavy (non-hydrogen) atoms. The quantitative estimate of drug-likeness (QED) is 0.850. The fourth-order valence-corrected chi connectivity index (χ4v) is 2.16. The molecule has 1 atom stereocenters. The molecule has 0 fully saturated rings. The Hall–Kier alpha value is -1.67. The lowest BCUT2D eigenvalue weighted by Gasteiger charge is -2.14. The predicted octanol–water partition coefficient (Wildman–Crippen LogP) is 4.16. The molecule has 0 spiro atoms. The number of benzene rings is 2. The molecule has 0 radical (unpaired) electrons. The van der Waals surface area contributed by atoms with Gasteiger partial charge in [-0.15, -0.1) is 0 Å². The highest BCUT2D eigenvalue weighted by Gasteiger charge is 2.06. The lowest BCUT2D eigenvalue weighted by atomic mass is 10.00. The number of rotatable bonds is 4. The van der Waals surface area contributed by atoms with Gasteiger partial charge in [0, 0.05) is 6.04 Å². The minimum Gasteiger partial charge on any atom is -0.313 e. The highest BCUT2D eigenvalue weighted by molar-refractivity contribution is 5.63. The highest BCUT2D eigenvalue weighted by Crippen LogP contribution is 2.23. The predicted molar refractivity (Wildman–Crippen MR) is 73.9 cm³/mol. The molecule has 2 rings (SSSR count). The van der Waals surface area contributed by atoms with Crippen molar-refractivity contribution in [2.24, 2.45) is 0 Å². The van der Waals surface area contributed by atoms with E-state index < -0.39 is 0 Å². The maximum Gasteiger partial charge on any atom is 0.123 e. The molecule has 0 amide bonds. The van der Waals surface area contributed by atoms with E-state index in [-0.39, 0.29) is 5.82 Å². The summed E-state index contributed by atoms with van der Waals surface area (Å²) in [4.78, 5) is 0. The molecular formula is C16H18FN. The molecule has 0 aliphatic carbocycles. The van der Waals surface area contributed by atoms with Crippen LogP contribution in [0, 0.1) is 5.82 Å². The second kappa shape index (κ2) is 5.78. The molecule has 2 aromatic carbocycles. The van der Waals surface area contributed by atoms with Crippen LogP contribution in [-0.2, 0) is 0 Å². The van der Waals surface area contributed by atoms with Gasteiger partial charge in [-0.3, -0.25) is 0 Å². The minimum atomic E-state index is -0.198. The second-order valence-electron chi connectivity index (χ2n) is 4.38. The summed E-state index contributed by atoms with van der Waals surface area (Å²) < 4.78 is 12.9. The normalized spacial score (nSPS) is 12.4. The van der Waals surface area contributed by atoms with Crippen LogP contribution in [0.1, 0.15) is 24.9 Å². The van der Waals surface area contributed by atoms with Gasteiger partial charge in [-0.2, -0.15) is 0 Å². The van der Waals surface area contributed by atoms with Gasteiger partial charge >= 0.3 is 0 Å². The van der Waals surface area contributed by atoms with Gasteiger partial charge in [0.25, 0.3) is 0 Å². The van der Waals surface area contributed by atoms with Gasteiger partial charge in [0.1, 0.15) is 5.82 Å². The van der Waals surface area contributed by atoms with Crippen LogP contribution in [0.4, 0.5) is 4.39 Å². The zero-order chi connectivity index (χ0) is 13.0. The van der Waals surface area contributed by atoms with Crippen molar-refractivity contribution in [3.05, 3.63) is 59.9 Å². The van der Waals surface area contributed by atoms with Crippen LogP contribution < -0.4 is 5.32 Å². The molecule has 1 nitrogen and oxygen atoms in total. The van der Waals surface area contributed by atoms with Crippen LogP contribution in [0.15, 0.2) is 48.5 Å². The number of nitrogens with one attached hydrogen (secondary N) is 1. The highest BCUT2D eigenvalue weighted by atomic mass is 19.1. The van der Waals surface area contributed by atoms with Gasteiger partial charge in [0.2, 0.25) is 0 Å². The van der Waals surface area contributed by atoms with Crippen LogP contribution in [0.25, 0.3) is 11.1 Å².